The zero-order valence-corrected chi connectivity index (χ0v) is 19.6. The summed E-state index contributed by atoms with van der Waals surface area (Å²) in [6.07, 6.45) is 0. The van der Waals surface area contributed by atoms with Crippen molar-refractivity contribution in [1.29, 1.82) is 0 Å². The molecule has 4 rings (SSSR count). The number of thiophene rings is 1. The number of carbonyl (C=O) groups excluding carboxylic acids is 2. The van der Waals surface area contributed by atoms with E-state index in [9.17, 15) is 9.59 Å². The smallest absolute Gasteiger partial charge is 0.265 e. The van der Waals surface area contributed by atoms with Gasteiger partial charge < -0.3 is 10.6 Å². The summed E-state index contributed by atoms with van der Waals surface area (Å²) >= 11 is 7.66. The third kappa shape index (κ3) is 4.69. The number of rotatable bonds is 6. The van der Waals surface area contributed by atoms with Crippen LogP contribution in [0.15, 0.2) is 54.6 Å². The van der Waals surface area contributed by atoms with E-state index in [1.54, 1.807) is 18.2 Å². The lowest BCUT2D eigenvalue weighted by Crippen LogP contribution is -2.30. The molecule has 0 fully saturated rings. The number of fused-ring (bicyclic) bond motifs is 1. The molecule has 32 heavy (non-hydrogen) atoms. The molecule has 0 unspecified atom stereocenters. The van der Waals surface area contributed by atoms with Gasteiger partial charge in [-0.3, -0.25) is 14.3 Å². The van der Waals surface area contributed by atoms with Crippen LogP contribution in [0.4, 0.5) is 5.69 Å². The first kappa shape index (κ1) is 22.0. The Bertz CT molecular complexity index is 1290. The van der Waals surface area contributed by atoms with Crippen molar-refractivity contribution in [3.63, 3.8) is 0 Å². The lowest BCUT2D eigenvalue weighted by Gasteiger charge is -2.11. The second-order valence-electron chi connectivity index (χ2n) is 7.84. The van der Waals surface area contributed by atoms with E-state index in [1.165, 1.54) is 11.3 Å². The molecule has 0 saturated heterocycles. The van der Waals surface area contributed by atoms with E-state index in [0.717, 1.165) is 21.5 Å². The van der Waals surface area contributed by atoms with Crippen molar-refractivity contribution in [3.05, 3.63) is 81.3 Å². The summed E-state index contributed by atoms with van der Waals surface area (Å²) in [5.74, 6) is -0.495. The van der Waals surface area contributed by atoms with Crippen LogP contribution in [0, 0.1) is 6.92 Å². The van der Waals surface area contributed by atoms with Crippen LogP contribution >= 0.6 is 22.9 Å². The molecule has 0 spiro atoms. The number of anilines is 1. The fourth-order valence-corrected chi connectivity index (χ4v) is 4.60. The highest BCUT2D eigenvalue weighted by Crippen LogP contribution is 2.30. The highest BCUT2D eigenvalue weighted by atomic mass is 35.5. The molecule has 2 amide bonds. The maximum Gasteiger partial charge on any atom is 0.265 e. The number of aromatic nitrogens is 2. The maximum absolute atomic E-state index is 13.0. The molecule has 164 valence electrons. The molecule has 6 nitrogen and oxygen atoms in total. The lowest BCUT2D eigenvalue weighted by atomic mass is 10.1. The van der Waals surface area contributed by atoms with Crippen molar-refractivity contribution in [2.75, 3.05) is 5.32 Å². The molecule has 0 atom stereocenters. The van der Waals surface area contributed by atoms with Gasteiger partial charge in [0.2, 0.25) is 0 Å². The van der Waals surface area contributed by atoms with E-state index < -0.39 is 0 Å². The largest absolute Gasteiger partial charge is 0.350 e. The van der Waals surface area contributed by atoms with Crippen LogP contribution in [0.1, 0.15) is 45.1 Å². The minimum atomic E-state index is -0.278. The summed E-state index contributed by atoms with van der Waals surface area (Å²) in [5.41, 5.74) is 2.84. The first-order valence-corrected chi connectivity index (χ1v) is 11.4. The van der Waals surface area contributed by atoms with Crippen LogP contribution in [0.2, 0.25) is 5.02 Å². The molecule has 0 aliphatic heterocycles. The van der Waals surface area contributed by atoms with Crippen LogP contribution in [0.3, 0.4) is 0 Å². The van der Waals surface area contributed by atoms with E-state index in [0.29, 0.717) is 27.7 Å². The van der Waals surface area contributed by atoms with E-state index in [4.69, 9.17) is 11.6 Å². The van der Waals surface area contributed by atoms with Crippen LogP contribution < -0.4 is 10.6 Å². The number of hydrogen-bond acceptors (Lipinski definition) is 4. The predicted molar refractivity (Wildman–Crippen MR) is 130 cm³/mol. The second kappa shape index (κ2) is 9.14. The van der Waals surface area contributed by atoms with E-state index in [-0.39, 0.29) is 17.9 Å². The number of nitrogens with one attached hydrogen (secondary N) is 2. The SMILES string of the molecule is Cc1nn(Cc2ccccc2)c2sc(C(=O)Nc3cc(C(=O)NC(C)C)ccc3Cl)cc12. The van der Waals surface area contributed by atoms with E-state index >= 15 is 0 Å². The van der Waals surface area contributed by atoms with Gasteiger partial charge in [0.25, 0.3) is 11.8 Å². The Morgan fingerprint density at radius 2 is 1.84 bits per heavy atom. The van der Waals surface area contributed by atoms with Crippen molar-refractivity contribution >= 4 is 50.7 Å². The van der Waals surface area contributed by atoms with Gasteiger partial charge in [-0.1, -0.05) is 41.9 Å². The highest BCUT2D eigenvalue weighted by molar-refractivity contribution is 7.20. The zero-order valence-electron chi connectivity index (χ0n) is 18.0. The minimum Gasteiger partial charge on any atom is -0.350 e. The molecule has 0 aliphatic rings. The number of halogens is 1. The normalized spacial score (nSPS) is 11.2. The number of aryl methyl sites for hydroxylation is 1. The second-order valence-corrected chi connectivity index (χ2v) is 9.27. The van der Waals surface area contributed by atoms with Gasteiger partial charge in [0, 0.05) is 17.0 Å². The van der Waals surface area contributed by atoms with Gasteiger partial charge in [-0.25, -0.2) is 0 Å². The zero-order chi connectivity index (χ0) is 22.8. The Morgan fingerprint density at radius 3 is 2.56 bits per heavy atom. The monoisotopic (exact) mass is 466 g/mol. The molecule has 0 radical (unpaired) electrons. The van der Waals surface area contributed by atoms with Crippen molar-refractivity contribution in [2.24, 2.45) is 0 Å². The Hall–Kier alpha value is -3.16. The van der Waals surface area contributed by atoms with Gasteiger partial charge in [0.05, 0.1) is 27.8 Å². The van der Waals surface area contributed by atoms with Crippen LogP contribution in [-0.2, 0) is 6.54 Å². The summed E-state index contributed by atoms with van der Waals surface area (Å²) in [7, 11) is 0. The van der Waals surface area contributed by atoms with Crippen LogP contribution in [-0.4, -0.2) is 27.6 Å². The fraction of sp³-hybridized carbons (Fsp3) is 0.208. The Morgan fingerprint density at radius 1 is 1.09 bits per heavy atom. The lowest BCUT2D eigenvalue weighted by molar-refractivity contribution is 0.0942. The van der Waals surface area contributed by atoms with Gasteiger partial charge in [-0.2, -0.15) is 5.10 Å². The minimum absolute atomic E-state index is 0.00783. The van der Waals surface area contributed by atoms with Crippen molar-refractivity contribution < 1.29 is 9.59 Å². The molecule has 0 saturated carbocycles. The number of benzene rings is 2. The molecule has 2 aromatic carbocycles. The van der Waals surface area contributed by atoms with Gasteiger partial charge in [0.15, 0.2) is 0 Å². The van der Waals surface area contributed by atoms with Gasteiger partial charge in [0.1, 0.15) is 4.83 Å². The van der Waals surface area contributed by atoms with Crippen molar-refractivity contribution in [3.8, 4) is 0 Å². The third-order valence-corrected chi connectivity index (χ3v) is 6.38. The number of carbonyl (C=O) groups is 2. The molecule has 8 heteroatoms. The van der Waals surface area contributed by atoms with E-state index in [1.807, 2.05) is 49.7 Å². The summed E-state index contributed by atoms with van der Waals surface area (Å²) < 4.78 is 1.92. The maximum atomic E-state index is 13.0. The number of hydrogen-bond donors (Lipinski definition) is 2. The highest BCUT2D eigenvalue weighted by Gasteiger charge is 2.18. The third-order valence-electron chi connectivity index (χ3n) is 4.90. The Balaban J connectivity index is 1.58. The predicted octanol–water partition coefficient (Wildman–Crippen LogP) is 5.50. The quantitative estimate of drug-likeness (QED) is 0.394. The number of amides is 2. The first-order chi connectivity index (χ1) is 15.3. The van der Waals surface area contributed by atoms with Gasteiger partial charge in [-0.15, -0.1) is 11.3 Å². The molecule has 2 N–H and O–H groups in total. The average molecular weight is 467 g/mol. The summed E-state index contributed by atoms with van der Waals surface area (Å²) in [6, 6.07) is 16.8. The van der Waals surface area contributed by atoms with Crippen molar-refractivity contribution in [2.45, 2.75) is 33.4 Å². The Labute approximate surface area is 195 Å². The Kier molecular flexibility index (Phi) is 6.30. The van der Waals surface area contributed by atoms with Crippen LogP contribution in [0.5, 0.6) is 0 Å². The summed E-state index contributed by atoms with van der Waals surface area (Å²) in [6.45, 7) is 6.34. The van der Waals surface area contributed by atoms with Crippen LogP contribution in [0.25, 0.3) is 10.2 Å². The molecule has 4 aromatic rings. The van der Waals surface area contributed by atoms with Gasteiger partial charge >= 0.3 is 0 Å². The molecule has 0 bridgehead atoms. The number of nitrogens with zero attached hydrogens (tertiary/aromatic N) is 2. The summed E-state index contributed by atoms with van der Waals surface area (Å²) in [4.78, 5) is 26.8. The summed E-state index contributed by atoms with van der Waals surface area (Å²) in [5, 5.41) is 11.6. The van der Waals surface area contributed by atoms with Crippen molar-refractivity contribution in [1.82, 2.24) is 15.1 Å². The molecular formula is C24H23ClN4O2S. The van der Waals surface area contributed by atoms with Gasteiger partial charge in [-0.05, 0) is 50.6 Å². The molecule has 0 aliphatic carbocycles. The molecule has 2 aromatic heterocycles. The average Bonchev–Trinajstić information content (AvgIpc) is 3.31. The molecule has 2 heterocycles. The standard InChI is InChI=1S/C24H23ClN4O2S/c1-14(2)26-22(30)17-9-10-19(25)20(11-17)27-23(31)21-12-18-15(3)28-29(24(18)32-21)13-16-7-5-4-6-8-16/h4-12,14H,13H2,1-3H3,(H,26,30)(H,27,31). The van der Waals surface area contributed by atoms with E-state index in [2.05, 4.69) is 27.9 Å². The topological polar surface area (TPSA) is 76.0 Å². The fourth-order valence-electron chi connectivity index (χ4n) is 3.38. The first-order valence-electron chi connectivity index (χ1n) is 10.2. The molecular weight excluding hydrogens is 444 g/mol.